The number of rotatable bonds is 7. The van der Waals surface area contributed by atoms with Gasteiger partial charge in [0.2, 0.25) is 26.0 Å². The Labute approximate surface area is 147 Å². The van der Waals surface area contributed by atoms with Gasteiger partial charge in [-0.1, -0.05) is 6.42 Å². The highest BCUT2D eigenvalue weighted by atomic mass is 32.2. The molecule has 8 nitrogen and oxygen atoms in total. The van der Waals surface area contributed by atoms with Gasteiger partial charge in [0.1, 0.15) is 0 Å². The number of hydrogen-bond donors (Lipinski definition) is 3. The lowest BCUT2D eigenvalue weighted by Crippen LogP contribution is -2.42. The molecule has 1 aromatic rings. The summed E-state index contributed by atoms with van der Waals surface area (Å²) in [6, 6.07) is 4.47. The fraction of sp³-hybridized carbons (Fsp3) is 0.533. The molecule has 3 rings (SSSR count). The van der Waals surface area contributed by atoms with E-state index in [9.17, 15) is 21.6 Å². The zero-order chi connectivity index (χ0) is 18.2. The Morgan fingerprint density at radius 1 is 0.880 bits per heavy atom. The van der Waals surface area contributed by atoms with Crippen molar-refractivity contribution in [3.05, 3.63) is 24.3 Å². The summed E-state index contributed by atoms with van der Waals surface area (Å²) in [5.74, 6) is -1.03. The molecule has 1 aromatic carbocycles. The van der Waals surface area contributed by atoms with Crippen molar-refractivity contribution in [2.75, 3.05) is 0 Å². The second-order valence-electron chi connectivity index (χ2n) is 6.53. The Hall–Kier alpha value is -1.49. The Balaban J connectivity index is 1.75. The number of amides is 1. The van der Waals surface area contributed by atoms with E-state index in [4.69, 9.17) is 5.73 Å². The highest BCUT2D eigenvalue weighted by molar-refractivity contribution is 7.90. The van der Waals surface area contributed by atoms with Crippen LogP contribution in [0.15, 0.2) is 34.1 Å². The summed E-state index contributed by atoms with van der Waals surface area (Å²) in [6.45, 7) is 0. The molecule has 0 saturated heterocycles. The van der Waals surface area contributed by atoms with Crippen LogP contribution in [-0.2, 0) is 24.8 Å². The second-order valence-corrected chi connectivity index (χ2v) is 9.96. The largest absolute Gasteiger partial charge is 0.369 e. The Kier molecular flexibility index (Phi) is 4.89. The maximum atomic E-state index is 12.5. The summed E-state index contributed by atoms with van der Waals surface area (Å²) >= 11 is 0. The van der Waals surface area contributed by atoms with Crippen LogP contribution in [0.3, 0.4) is 0 Å². The third-order valence-electron chi connectivity index (χ3n) is 4.53. The molecular formula is C15H21N3O5S2. The van der Waals surface area contributed by atoms with Crippen LogP contribution < -0.4 is 15.2 Å². The zero-order valence-electron chi connectivity index (χ0n) is 13.5. The summed E-state index contributed by atoms with van der Waals surface area (Å²) in [5.41, 5.74) is 5.31. The van der Waals surface area contributed by atoms with Crippen molar-refractivity contribution in [3.8, 4) is 0 Å². The Morgan fingerprint density at radius 2 is 1.40 bits per heavy atom. The van der Waals surface area contributed by atoms with Gasteiger partial charge in [-0.05, 0) is 49.9 Å². The SMILES string of the molecule is NC(=O)C1CCCC1NS(=O)(=O)c1ccc(S(=O)(=O)NC2CC2)cc1. The lowest BCUT2D eigenvalue weighted by atomic mass is 10.0. The van der Waals surface area contributed by atoms with E-state index in [1.54, 1.807) is 0 Å². The van der Waals surface area contributed by atoms with E-state index >= 15 is 0 Å². The monoisotopic (exact) mass is 387 g/mol. The minimum Gasteiger partial charge on any atom is -0.369 e. The summed E-state index contributed by atoms with van der Waals surface area (Å²) < 4.78 is 54.2. The highest BCUT2D eigenvalue weighted by Gasteiger charge is 2.35. The summed E-state index contributed by atoms with van der Waals surface area (Å²) in [4.78, 5) is 11.4. The van der Waals surface area contributed by atoms with Crippen LogP contribution in [0.2, 0.25) is 0 Å². The first kappa shape index (κ1) is 18.3. The van der Waals surface area contributed by atoms with Crippen LogP contribution >= 0.6 is 0 Å². The van der Waals surface area contributed by atoms with Gasteiger partial charge in [0.05, 0.1) is 15.7 Å². The summed E-state index contributed by atoms with van der Waals surface area (Å²) in [5, 5.41) is 0. The van der Waals surface area contributed by atoms with Gasteiger partial charge in [-0.3, -0.25) is 4.79 Å². The minimum atomic E-state index is -3.86. The van der Waals surface area contributed by atoms with Gasteiger partial charge in [0.25, 0.3) is 0 Å². The Bertz CT molecular complexity index is 861. The van der Waals surface area contributed by atoms with Crippen LogP contribution in [0.1, 0.15) is 32.1 Å². The molecule has 2 saturated carbocycles. The number of sulfonamides is 2. The molecule has 2 atom stereocenters. The van der Waals surface area contributed by atoms with Gasteiger partial charge in [-0.2, -0.15) is 0 Å². The van der Waals surface area contributed by atoms with Crippen molar-refractivity contribution in [3.63, 3.8) is 0 Å². The first-order chi connectivity index (χ1) is 11.7. The molecule has 1 amide bonds. The van der Waals surface area contributed by atoms with Crippen molar-refractivity contribution in [2.24, 2.45) is 11.7 Å². The van der Waals surface area contributed by atoms with Crippen molar-refractivity contribution in [1.82, 2.24) is 9.44 Å². The second kappa shape index (κ2) is 6.67. The standard InChI is InChI=1S/C15H21N3O5S2/c16-15(19)13-2-1-3-14(13)18-25(22,23)12-8-6-11(7-9-12)24(20,21)17-10-4-5-10/h6-10,13-14,17-18H,1-5H2,(H2,16,19). The molecule has 0 aliphatic heterocycles. The van der Waals surface area contributed by atoms with Gasteiger partial charge in [-0.15, -0.1) is 0 Å². The highest BCUT2D eigenvalue weighted by Crippen LogP contribution is 2.27. The first-order valence-electron chi connectivity index (χ1n) is 8.13. The van der Waals surface area contributed by atoms with Gasteiger partial charge in [0, 0.05) is 12.1 Å². The van der Waals surface area contributed by atoms with E-state index in [1.807, 2.05) is 0 Å². The molecule has 4 N–H and O–H groups in total. The third kappa shape index (κ3) is 4.20. The molecule has 0 aromatic heterocycles. The van der Waals surface area contributed by atoms with Crippen molar-refractivity contribution in [2.45, 2.75) is 54.0 Å². The van der Waals surface area contributed by atoms with Crippen LogP contribution in [-0.4, -0.2) is 34.8 Å². The molecule has 0 heterocycles. The number of hydrogen-bond acceptors (Lipinski definition) is 5. The van der Waals surface area contributed by atoms with Gasteiger partial charge < -0.3 is 5.73 Å². The predicted octanol–water partition coefficient (Wildman–Crippen LogP) is 0.0596. The maximum Gasteiger partial charge on any atom is 0.240 e. The molecule has 2 aliphatic carbocycles. The number of carbonyl (C=O) groups is 1. The van der Waals surface area contributed by atoms with E-state index < -0.39 is 37.9 Å². The number of nitrogens with two attached hydrogens (primary N) is 1. The van der Waals surface area contributed by atoms with Crippen LogP contribution in [0.25, 0.3) is 0 Å². The average Bonchev–Trinajstić information content (AvgIpc) is 3.21. The minimum absolute atomic E-state index is 0.0224. The van der Waals surface area contributed by atoms with Crippen molar-refractivity contribution in [1.29, 1.82) is 0 Å². The van der Waals surface area contributed by atoms with E-state index in [2.05, 4.69) is 9.44 Å². The van der Waals surface area contributed by atoms with E-state index in [0.29, 0.717) is 12.8 Å². The molecular weight excluding hydrogens is 366 g/mol. The van der Waals surface area contributed by atoms with Crippen LogP contribution in [0.5, 0.6) is 0 Å². The molecule has 10 heteroatoms. The summed E-state index contributed by atoms with van der Waals surface area (Å²) in [7, 11) is -7.48. The summed E-state index contributed by atoms with van der Waals surface area (Å²) in [6.07, 6.45) is 3.47. The lowest BCUT2D eigenvalue weighted by molar-refractivity contribution is -0.122. The van der Waals surface area contributed by atoms with Gasteiger partial charge >= 0.3 is 0 Å². The molecule has 0 radical (unpaired) electrons. The average molecular weight is 387 g/mol. The number of benzene rings is 1. The number of nitrogens with one attached hydrogen (secondary N) is 2. The molecule has 2 fully saturated rings. The normalized spacial score (nSPS) is 24.3. The quantitative estimate of drug-likeness (QED) is 0.608. The fourth-order valence-corrected chi connectivity index (χ4v) is 5.61. The van der Waals surface area contributed by atoms with Crippen molar-refractivity contribution >= 4 is 26.0 Å². The molecule has 2 aliphatic rings. The zero-order valence-corrected chi connectivity index (χ0v) is 15.1. The van der Waals surface area contributed by atoms with Crippen LogP contribution in [0, 0.1) is 5.92 Å². The predicted molar refractivity (Wildman–Crippen MR) is 90.4 cm³/mol. The topological polar surface area (TPSA) is 135 Å². The van der Waals surface area contributed by atoms with E-state index in [-0.39, 0.29) is 15.8 Å². The van der Waals surface area contributed by atoms with Gasteiger partial charge in [-0.25, -0.2) is 26.3 Å². The Morgan fingerprint density at radius 3 is 1.88 bits per heavy atom. The van der Waals surface area contributed by atoms with Crippen molar-refractivity contribution < 1.29 is 21.6 Å². The number of carbonyl (C=O) groups excluding carboxylic acids is 1. The maximum absolute atomic E-state index is 12.5. The number of primary amides is 1. The molecule has 25 heavy (non-hydrogen) atoms. The van der Waals surface area contributed by atoms with Gasteiger partial charge in [0.15, 0.2) is 0 Å². The first-order valence-corrected chi connectivity index (χ1v) is 11.1. The lowest BCUT2D eigenvalue weighted by Gasteiger charge is -2.18. The van der Waals surface area contributed by atoms with Crippen LogP contribution in [0.4, 0.5) is 0 Å². The molecule has 0 spiro atoms. The molecule has 138 valence electrons. The smallest absolute Gasteiger partial charge is 0.240 e. The molecule has 0 bridgehead atoms. The molecule has 2 unspecified atom stereocenters. The van der Waals surface area contributed by atoms with E-state index in [0.717, 1.165) is 19.3 Å². The third-order valence-corrected chi connectivity index (χ3v) is 7.57. The fourth-order valence-electron chi connectivity index (χ4n) is 3.00. The van der Waals surface area contributed by atoms with E-state index in [1.165, 1.54) is 24.3 Å².